The summed E-state index contributed by atoms with van der Waals surface area (Å²) in [5, 5.41) is 14.7. The Kier molecular flexibility index (Phi) is 6.09. The molecule has 9 heteroatoms. The van der Waals surface area contributed by atoms with Gasteiger partial charge in [0.05, 0.1) is 10.6 Å². The van der Waals surface area contributed by atoms with Gasteiger partial charge in [0.15, 0.2) is 5.82 Å². The number of hydrogen-bond donors (Lipinski definition) is 3. The van der Waals surface area contributed by atoms with Gasteiger partial charge in [-0.2, -0.15) is 0 Å². The Balaban J connectivity index is 1.42. The molecule has 2 atom stereocenters. The molecule has 1 aliphatic rings. The van der Waals surface area contributed by atoms with E-state index in [1.165, 1.54) is 18.2 Å². The Labute approximate surface area is 154 Å². The molecule has 0 aliphatic heterocycles. The lowest BCUT2D eigenvalue weighted by molar-refractivity contribution is -0.117. The maximum absolute atomic E-state index is 11.9. The summed E-state index contributed by atoms with van der Waals surface area (Å²) in [6, 6.07) is 3.62. The van der Waals surface area contributed by atoms with Gasteiger partial charge in [-0.3, -0.25) is 15.2 Å². The number of thiophene rings is 1. The maximum atomic E-state index is 11.9. The Morgan fingerprint density at radius 3 is 3.00 bits per heavy atom. The molecule has 2 aromatic rings. The number of carbonyl (C=O) groups is 2. The lowest BCUT2D eigenvalue weighted by Crippen LogP contribution is -2.48. The summed E-state index contributed by atoms with van der Waals surface area (Å²) >= 11 is 2.76. The van der Waals surface area contributed by atoms with Crippen LogP contribution < -0.4 is 10.6 Å². The smallest absolute Gasteiger partial charge is 0.321 e. The van der Waals surface area contributed by atoms with Crippen molar-refractivity contribution in [1.82, 2.24) is 25.8 Å². The normalized spacial score (nSPS) is 20.2. The van der Waals surface area contributed by atoms with E-state index in [2.05, 4.69) is 32.7 Å². The van der Waals surface area contributed by atoms with E-state index in [1.54, 1.807) is 11.3 Å². The van der Waals surface area contributed by atoms with E-state index >= 15 is 0 Å². The first kappa shape index (κ1) is 17.9. The number of amides is 3. The summed E-state index contributed by atoms with van der Waals surface area (Å²) in [5.41, 5.74) is 0. The zero-order valence-corrected chi connectivity index (χ0v) is 15.6. The number of carbonyl (C=O) groups excluding carboxylic acids is 2. The highest BCUT2D eigenvalue weighted by Gasteiger charge is 2.23. The van der Waals surface area contributed by atoms with Gasteiger partial charge in [-0.05, 0) is 30.2 Å². The zero-order chi connectivity index (χ0) is 17.6. The predicted molar refractivity (Wildman–Crippen MR) is 98.5 cm³/mol. The average molecular weight is 380 g/mol. The quantitative estimate of drug-likeness (QED) is 0.694. The largest absolute Gasteiger partial charge is 0.335 e. The molecule has 3 rings (SSSR count). The van der Waals surface area contributed by atoms with Gasteiger partial charge in [0.25, 0.3) is 0 Å². The van der Waals surface area contributed by atoms with Gasteiger partial charge in [0.1, 0.15) is 0 Å². The van der Waals surface area contributed by atoms with Gasteiger partial charge in [-0.25, -0.2) is 9.78 Å². The van der Waals surface area contributed by atoms with E-state index in [9.17, 15) is 9.59 Å². The van der Waals surface area contributed by atoms with Gasteiger partial charge in [-0.1, -0.05) is 37.6 Å². The first-order chi connectivity index (χ1) is 12.1. The van der Waals surface area contributed by atoms with Crippen LogP contribution in [0, 0.1) is 5.92 Å². The second-order valence-corrected chi connectivity index (χ2v) is 8.01. The molecule has 25 heavy (non-hydrogen) atoms. The maximum Gasteiger partial charge on any atom is 0.321 e. The van der Waals surface area contributed by atoms with Crippen molar-refractivity contribution in [2.75, 3.05) is 5.75 Å². The highest BCUT2D eigenvalue weighted by Crippen LogP contribution is 2.24. The van der Waals surface area contributed by atoms with E-state index in [4.69, 9.17) is 0 Å². The van der Waals surface area contributed by atoms with Crippen LogP contribution in [0.3, 0.4) is 0 Å². The molecular formula is C16H21N5O2S2. The van der Waals surface area contributed by atoms with Crippen molar-refractivity contribution in [2.45, 2.75) is 43.8 Å². The lowest BCUT2D eigenvalue weighted by Gasteiger charge is -2.29. The number of hydrogen-bond acceptors (Lipinski definition) is 6. The summed E-state index contributed by atoms with van der Waals surface area (Å²) in [6.45, 7) is 2.14. The van der Waals surface area contributed by atoms with Crippen LogP contribution >= 0.6 is 23.1 Å². The number of rotatable bonds is 5. The van der Waals surface area contributed by atoms with E-state index in [1.807, 2.05) is 17.5 Å². The van der Waals surface area contributed by atoms with Crippen molar-refractivity contribution in [3.63, 3.8) is 0 Å². The molecule has 134 valence electrons. The summed E-state index contributed by atoms with van der Waals surface area (Å²) in [7, 11) is 0. The Morgan fingerprint density at radius 1 is 1.40 bits per heavy atom. The Hall–Kier alpha value is -1.87. The second kappa shape index (κ2) is 8.48. The Morgan fingerprint density at radius 2 is 2.24 bits per heavy atom. The van der Waals surface area contributed by atoms with Crippen LogP contribution in [-0.2, 0) is 4.79 Å². The molecular weight excluding hydrogens is 358 g/mol. The topological polar surface area (TPSA) is 99.8 Å². The van der Waals surface area contributed by atoms with Crippen molar-refractivity contribution in [3.8, 4) is 10.7 Å². The van der Waals surface area contributed by atoms with Crippen molar-refractivity contribution in [2.24, 2.45) is 5.92 Å². The van der Waals surface area contributed by atoms with E-state index in [0.29, 0.717) is 16.9 Å². The fourth-order valence-electron chi connectivity index (χ4n) is 2.86. The molecule has 1 fully saturated rings. The van der Waals surface area contributed by atoms with Crippen molar-refractivity contribution in [1.29, 1.82) is 0 Å². The summed E-state index contributed by atoms with van der Waals surface area (Å²) < 4.78 is 0. The molecule has 3 N–H and O–H groups in total. The number of imide groups is 1. The van der Waals surface area contributed by atoms with Crippen molar-refractivity contribution in [3.05, 3.63) is 17.5 Å². The van der Waals surface area contributed by atoms with Crippen LogP contribution in [0.5, 0.6) is 0 Å². The number of urea groups is 1. The number of nitrogens with one attached hydrogen (secondary N) is 3. The molecule has 2 aromatic heterocycles. The third kappa shape index (κ3) is 5.05. The molecule has 3 amide bonds. The van der Waals surface area contributed by atoms with Crippen LogP contribution in [-0.4, -0.2) is 38.9 Å². The number of thioether (sulfide) groups is 1. The Bertz CT molecular complexity index is 716. The van der Waals surface area contributed by atoms with Crippen LogP contribution in [0.4, 0.5) is 4.79 Å². The first-order valence-electron chi connectivity index (χ1n) is 8.31. The standard InChI is InChI=1S/C16H21N5O2S2/c1-10-5-2-3-6-11(10)17-15(23)18-13(22)9-25-16-19-14(20-21-16)12-7-4-8-24-12/h4,7-8,10-11H,2-3,5-6,9H2,1H3,(H,19,20,21)(H2,17,18,22,23)/t10-,11+/m1/s1. The highest BCUT2D eigenvalue weighted by molar-refractivity contribution is 7.99. The van der Waals surface area contributed by atoms with E-state index in [-0.39, 0.29) is 17.7 Å². The molecule has 0 saturated heterocycles. The summed E-state index contributed by atoms with van der Waals surface area (Å²) in [4.78, 5) is 29.2. The molecule has 0 spiro atoms. The number of aromatic amines is 1. The molecule has 1 saturated carbocycles. The van der Waals surface area contributed by atoms with Crippen molar-refractivity contribution >= 4 is 35.0 Å². The van der Waals surface area contributed by atoms with Gasteiger partial charge in [0.2, 0.25) is 11.1 Å². The molecule has 0 unspecified atom stereocenters. The van der Waals surface area contributed by atoms with Crippen LogP contribution in [0.1, 0.15) is 32.6 Å². The van der Waals surface area contributed by atoms with Crippen molar-refractivity contribution < 1.29 is 9.59 Å². The molecule has 1 aliphatic carbocycles. The van der Waals surface area contributed by atoms with E-state index < -0.39 is 6.03 Å². The van der Waals surface area contributed by atoms with Gasteiger partial charge in [-0.15, -0.1) is 16.4 Å². The van der Waals surface area contributed by atoms with E-state index in [0.717, 1.165) is 24.1 Å². The van der Waals surface area contributed by atoms with Crippen LogP contribution in [0.15, 0.2) is 22.7 Å². The monoisotopic (exact) mass is 379 g/mol. The minimum atomic E-state index is -0.418. The molecule has 0 aromatic carbocycles. The minimum Gasteiger partial charge on any atom is -0.335 e. The first-order valence-corrected chi connectivity index (χ1v) is 10.2. The molecule has 0 bridgehead atoms. The van der Waals surface area contributed by atoms with Crippen LogP contribution in [0.25, 0.3) is 10.7 Å². The zero-order valence-electron chi connectivity index (χ0n) is 13.9. The van der Waals surface area contributed by atoms with Gasteiger partial charge in [0, 0.05) is 6.04 Å². The lowest BCUT2D eigenvalue weighted by atomic mass is 9.86. The third-order valence-electron chi connectivity index (χ3n) is 4.23. The molecule has 0 radical (unpaired) electrons. The molecule has 2 heterocycles. The van der Waals surface area contributed by atoms with Crippen LogP contribution in [0.2, 0.25) is 0 Å². The SMILES string of the molecule is C[C@@H]1CCCC[C@@H]1NC(=O)NC(=O)CSc1n[nH]c(-c2cccs2)n1. The second-order valence-electron chi connectivity index (χ2n) is 6.12. The predicted octanol–water partition coefficient (Wildman–Crippen LogP) is 3.03. The number of H-pyrrole nitrogens is 1. The fraction of sp³-hybridized carbons (Fsp3) is 0.500. The third-order valence-corrected chi connectivity index (χ3v) is 5.96. The minimum absolute atomic E-state index is 0.0926. The fourth-order valence-corrected chi connectivity index (χ4v) is 4.12. The van der Waals surface area contributed by atoms with Gasteiger partial charge < -0.3 is 5.32 Å². The highest BCUT2D eigenvalue weighted by atomic mass is 32.2. The number of nitrogens with zero attached hydrogens (tertiary/aromatic N) is 2. The summed E-state index contributed by atoms with van der Waals surface area (Å²) in [5.74, 6) is 0.873. The average Bonchev–Trinajstić information content (AvgIpc) is 3.26. The summed E-state index contributed by atoms with van der Waals surface area (Å²) in [6.07, 6.45) is 4.42. The van der Waals surface area contributed by atoms with Gasteiger partial charge >= 0.3 is 6.03 Å². The molecule has 7 nitrogen and oxygen atoms in total. The number of aromatic nitrogens is 3.